The molecule has 0 spiro atoms. The van der Waals surface area contributed by atoms with Crippen molar-refractivity contribution in [2.45, 2.75) is 51.7 Å². The lowest BCUT2D eigenvalue weighted by Gasteiger charge is -2.16. The summed E-state index contributed by atoms with van der Waals surface area (Å²) in [5.41, 5.74) is 1.09. The average Bonchev–Trinajstić information content (AvgIpc) is 3.17. The Balaban J connectivity index is 0.00000364. The van der Waals surface area contributed by atoms with Crippen molar-refractivity contribution >= 4 is 29.9 Å². The monoisotopic (exact) mass is 491 g/mol. The minimum atomic E-state index is 0. The third-order valence-corrected chi connectivity index (χ3v) is 4.41. The largest absolute Gasteiger partial charge is 0.493 e. The SMILES string of the molecule is CCNC(=NCc1ccc(OC2CCCC2)c(OC)c1)NCCCOC.I. The van der Waals surface area contributed by atoms with Crippen molar-refractivity contribution in [3.8, 4) is 11.5 Å². The van der Waals surface area contributed by atoms with Crippen molar-refractivity contribution in [3.63, 3.8) is 0 Å². The lowest BCUT2D eigenvalue weighted by atomic mass is 10.2. The molecular formula is C20H34IN3O3. The number of aliphatic imine (C=N–C) groups is 1. The number of methoxy groups -OCH3 is 2. The van der Waals surface area contributed by atoms with Gasteiger partial charge in [0.1, 0.15) is 0 Å². The Morgan fingerprint density at radius 1 is 1.15 bits per heavy atom. The van der Waals surface area contributed by atoms with Crippen molar-refractivity contribution < 1.29 is 14.2 Å². The molecular weight excluding hydrogens is 457 g/mol. The zero-order chi connectivity index (χ0) is 18.6. The maximum Gasteiger partial charge on any atom is 0.191 e. The second kappa shape index (κ2) is 13.9. The van der Waals surface area contributed by atoms with Crippen LogP contribution in [-0.2, 0) is 11.3 Å². The summed E-state index contributed by atoms with van der Waals surface area (Å²) in [6.07, 6.45) is 6.05. The number of hydrogen-bond donors (Lipinski definition) is 2. The molecule has 0 radical (unpaired) electrons. The molecule has 1 aromatic carbocycles. The van der Waals surface area contributed by atoms with Gasteiger partial charge in [-0.15, -0.1) is 24.0 Å². The van der Waals surface area contributed by atoms with Gasteiger partial charge in [0.15, 0.2) is 17.5 Å². The highest BCUT2D eigenvalue weighted by Crippen LogP contribution is 2.32. The summed E-state index contributed by atoms with van der Waals surface area (Å²) in [6, 6.07) is 6.08. The molecule has 0 amide bonds. The second-order valence-electron chi connectivity index (χ2n) is 6.48. The normalized spacial score (nSPS) is 14.6. The van der Waals surface area contributed by atoms with Crippen LogP contribution >= 0.6 is 24.0 Å². The van der Waals surface area contributed by atoms with E-state index in [1.54, 1.807) is 14.2 Å². The van der Waals surface area contributed by atoms with Gasteiger partial charge in [-0.3, -0.25) is 0 Å². The Labute approximate surface area is 180 Å². The predicted molar refractivity (Wildman–Crippen MR) is 121 cm³/mol. The average molecular weight is 491 g/mol. The highest BCUT2D eigenvalue weighted by atomic mass is 127. The van der Waals surface area contributed by atoms with E-state index in [4.69, 9.17) is 14.2 Å². The van der Waals surface area contributed by atoms with Crippen molar-refractivity contribution in [1.29, 1.82) is 0 Å². The second-order valence-corrected chi connectivity index (χ2v) is 6.48. The van der Waals surface area contributed by atoms with Crippen molar-refractivity contribution in [2.75, 3.05) is 33.9 Å². The molecule has 1 aliphatic carbocycles. The van der Waals surface area contributed by atoms with Crippen LogP contribution in [-0.4, -0.2) is 46.0 Å². The number of benzene rings is 1. The summed E-state index contributed by atoms with van der Waals surface area (Å²) in [5, 5.41) is 6.58. The van der Waals surface area contributed by atoms with Gasteiger partial charge in [-0.2, -0.15) is 0 Å². The molecule has 2 rings (SSSR count). The smallest absolute Gasteiger partial charge is 0.191 e. The van der Waals surface area contributed by atoms with Crippen molar-refractivity contribution in [2.24, 2.45) is 4.99 Å². The molecule has 0 bridgehead atoms. The highest BCUT2D eigenvalue weighted by Gasteiger charge is 2.18. The first-order valence-electron chi connectivity index (χ1n) is 9.61. The van der Waals surface area contributed by atoms with E-state index in [-0.39, 0.29) is 24.0 Å². The van der Waals surface area contributed by atoms with E-state index in [1.807, 2.05) is 12.1 Å². The standard InChI is InChI=1S/C20H33N3O3.HI/c1-4-21-20(22-12-7-13-24-2)23-15-16-10-11-18(19(14-16)25-3)26-17-8-5-6-9-17;/h10-11,14,17H,4-9,12-13,15H2,1-3H3,(H2,21,22,23);1H. The lowest BCUT2D eigenvalue weighted by Crippen LogP contribution is -2.38. The van der Waals surface area contributed by atoms with Crippen LogP contribution in [0.1, 0.15) is 44.6 Å². The molecule has 1 saturated carbocycles. The Kier molecular flexibility index (Phi) is 12.2. The van der Waals surface area contributed by atoms with Gasteiger partial charge in [0.05, 0.1) is 19.8 Å². The highest BCUT2D eigenvalue weighted by molar-refractivity contribution is 14.0. The summed E-state index contributed by atoms with van der Waals surface area (Å²) in [6.45, 7) is 5.04. The maximum atomic E-state index is 6.10. The van der Waals surface area contributed by atoms with Gasteiger partial charge in [-0.25, -0.2) is 4.99 Å². The molecule has 1 aromatic rings. The topological polar surface area (TPSA) is 64.1 Å². The molecule has 154 valence electrons. The molecule has 1 aliphatic rings. The first-order valence-corrected chi connectivity index (χ1v) is 9.61. The molecule has 1 fully saturated rings. The number of rotatable bonds is 10. The van der Waals surface area contributed by atoms with Crippen LogP contribution in [0.2, 0.25) is 0 Å². The number of nitrogens with one attached hydrogen (secondary N) is 2. The number of hydrogen-bond acceptors (Lipinski definition) is 4. The molecule has 0 atom stereocenters. The Hall–Kier alpha value is -1.22. The quantitative estimate of drug-likeness (QED) is 0.226. The van der Waals surface area contributed by atoms with Gasteiger partial charge in [-0.1, -0.05) is 6.07 Å². The predicted octanol–water partition coefficient (Wildman–Crippen LogP) is 3.73. The van der Waals surface area contributed by atoms with Crippen LogP contribution in [0.4, 0.5) is 0 Å². The molecule has 7 heteroatoms. The molecule has 0 aliphatic heterocycles. The van der Waals surface area contributed by atoms with Crippen LogP contribution in [0, 0.1) is 0 Å². The van der Waals surface area contributed by atoms with E-state index in [0.717, 1.165) is 62.0 Å². The van der Waals surface area contributed by atoms with Gasteiger partial charge in [0.2, 0.25) is 0 Å². The number of nitrogens with zero attached hydrogens (tertiary/aromatic N) is 1. The minimum absolute atomic E-state index is 0. The number of ether oxygens (including phenoxy) is 3. The zero-order valence-electron chi connectivity index (χ0n) is 16.8. The third kappa shape index (κ3) is 8.55. The summed E-state index contributed by atoms with van der Waals surface area (Å²) in [4.78, 5) is 4.65. The fourth-order valence-corrected chi connectivity index (χ4v) is 3.03. The van der Waals surface area contributed by atoms with Gasteiger partial charge < -0.3 is 24.8 Å². The molecule has 0 aromatic heterocycles. The zero-order valence-corrected chi connectivity index (χ0v) is 19.1. The fraction of sp³-hybridized carbons (Fsp3) is 0.650. The Bertz CT molecular complexity index is 563. The van der Waals surface area contributed by atoms with Gasteiger partial charge in [0, 0.05) is 26.8 Å². The van der Waals surface area contributed by atoms with Gasteiger partial charge in [0.25, 0.3) is 0 Å². The third-order valence-electron chi connectivity index (χ3n) is 4.41. The summed E-state index contributed by atoms with van der Waals surface area (Å²) < 4.78 is 16.7. The first kappa shape index (κ1) is 23.8. The van der Waals surface area contributed by atoms with E-state index >= 15 is 0 Å². The van der Waals surface area contributed by atoms with Crippen LogP contribution in [0.5, 0.6) is 11.5 Å². The maximum absolute atomic E-state index is 6.10. The van der Waals surface area contributed by atoms with Crippen LogP contribution in [0.3, 0.4) is 0 Å². The summed E-state index contributed by atoms with van der Waals surface area (Å²) in [7, 11) is 3.40. The Morgan fingerprint density at radius 2 is 1.93 bits per heavy atom. The lowest BCUT2D eigenvalue weighted by molar-refractivity contribution is 0.195. The van der Waals surface area contributed by atoms with Crippen LogP contribution in [0.15, 0.2) is 23.2 Å². The fourth-order valence-electron chi connectivity index (χ4n) is 3.03. The molecule has 6 nitrogen and oxygen atoms in total. The van der Waals surface area contributed by atoms with Crippen molar-refractivity contribution in [3.05, 3.63) is 23.8 Å². The van der Waals surface area contributed by atoms with Gasteiger partial charge in [-0.05, 0) is 56.7 Å². The Morgan fingerprint density at radius 3 is 2.59 bits per heavy atom. The molecule has 27 heavy (non-hydrogen) atoms. The minimum Gasteiger partial charge on any atom is -0.493 e. The van der Waals surface area contributed by atoms with E-state index in [2.05, 4.69) is 28.6 Å². The van der Waals surface area contributed by atoms with Crippen LogP contribution in [0.25, 0.3) is 0 Å². The number of halogens is 1. The van der Waals surface area contributed by atoms with E-state index in [0.29, 0.717) is 12.6 Å². The molecule has 0 heterocycles. The van der Waals surface area contributed by atoms with E-state index < -0.39 is 0 Å². The van der Waals surface area contributed by atoms with E-state index in [9.17, 15) is 0 Å². The van der Waals surface area contributed by atoms with Crippen molar-refractivity contribution in [1.82, 2.24) is 10.6 Å². The van der Waals surface area contributed by atoms with E-state index in [1.165, 1.54) is 12.8 Å². The summed E-state index contributed by atoms with van der Waals surface area (Å²) in [5.74, 6) is 2.42. The molecule has 0 saturated heterocycles. The van der Waals surface area contributed by atoms with Crippen LogP contribution < -0.4 is 20.1 Å². The first-order chi connectivity index (χ1) is 12.8. The molecule has 0 unspecified atom stereocenters. The summed E-state index contributed by atoms with van der Waals surface area (Å²) >= 11 is 0. The number of guanidine groups is 1. The van der Waals surface area contributed by atoms with Gasteiger partial charge >= 0.3 is 0 Å². The molecule has 2 N–H and O–H groups in total.